The van der Waals surface area contributed by atoms with Crippen molar-refractivity contribution in [3.63, 3.8) is 0 Å². The highest BCUT2D eigenvalue weighted by atomic mass is 35.5. The molecule has 0 unspecified atom stereocenters. The normalized spacial score (nSPS) is 12.0. The van der Waals surface area contributed by atoms with Crippen LogP contribution in [0.4, 0.5) is 0 Å². The monoisotopic (exact) mass is 306 g/mol. The summed E-state index contributed by atoms with van der Waals surface area (Å²) in [5.41, 5.74) is 0.893. The number of carbonyl (C=O) groups is 2. The van der Waals surface area contributed by atoms with Crippen molar-refractivity contribution in [2.45, 2.75) is 20.0 Å². The zero-order valence-electron chi connectivity index (χ0n) is 11.7. The first kappa shape index (κ1) is 15.3. The van der Waals surface area contributed by atoms with E-state index in [1.807, 2.05) is 0 Å². The van der Waals surface area contributed by atoms with Gasteiger partial charge in [0.1, 0.15) is 5.15 Å². The number of fused-ring (bicyclic) bond motifs is 1. The average Bonchev–Trinajstić information content (AvgIpc) is 2.46. The Morgan fingerprint density at radius 1 is 1.38 bits per heavy atom. The lowest BCUT2D eigenvalue weighted by atomic mass is 10.1. The van der Waals surface area contributed by atoms with E-state index >= 15 is 0 Å². The Bertz CT molecular complexity index is 688. The number of nitrogens with zero attached hydrogens (tertiary/aromatic N) is 1. The van der Waals surface area contributed by atoms with Gasteiger partial charge < -0.3 is 10.1 Å². The molecular formula is C15H15ClN2O3. The second kappa shape index (κ2) is 6.54. The number of rotatable bonds is 4. The lowest BCUT2D eigenvalue weighted by molar-refractivity contribution is -0.128. The number of pyridine rings is 1. The molecule has 2 rings (SSSR count). The van der Waals surface area contributed by atoms with Crippen LogP contribution in [0.5, 0.6) is 0 Å². The number of benzene rings is 1. The van der Waals surface area contributed by atoms with E-state index < -0.39 is 12.1 Å². The molecule has 0 bridgehead atoms. The number of hydrogen-bond donors (Lipinski definition) is 1. The molecule has 0 fully saturated rings. The maximum atomic E-state index is 12.2. The van der Waals surface area contributed by atoms with E-state index in [0.717, 1.165) is 0 Å². The van der Waals surface area contributed by atoms with Crippen LogP contribution in [0.2, 0.25) is 5.15 Å². The van der Waals surface area contributed by atoms with Crippen LogP contribution in [-0.2, 0) is 9.53 Å². The average molecular weight is 307 g/mol. The third-order valence-corrected chi connectivity index (χ3v) is 3.10. The van der Waals surface area contributed by atoms with Gasteiger partial charge >= 0.3 is 5.97 Å². The van der Waals surface area contributed by atoms with Gasteiger partial charge in [-0.05, 0) is 26.0 Å². The van der Waals surface area contributed by atoms with Crippen molar-refractivity contribution in [1.82, 2.24) is 10.3 Å². The zero-order valence-corrected chi connectivity index (χ0v) is 12.5. The molecule has 6 heteroatoms. The molecule has 1 heterocycles. The molecule has 1 aromatic carbocycles. The Hall–Kier alpha value is -2.14. The Morgan fingerprint density at radius 3 is 2.81 bits per heavy atom. The zero-order chi connectivity index (χ0) is 15.4. The minimum atomic E-state index is -0.872. The highest BCUT2D eigenvalue weighted by Gasteiger charge is 2.20. The van der Waals surface area contributed by atoms with Crippen molar-refractivity contribution < 1.29 is 14.3 Å². The van der Waals surface area contributed by atoms with Crippen LogP contribution in [0.15, 0.2) is 30.3 Å². The van der Waals surface area contributed by atoms with Crippen LogP contribution in [0.3, 0.4) is 0 Å². The number of esters is 1. The van der Waals surface area contributed by atoms with Gasteiger partial charge in [-0.3, -0.25) is 4.79 Å². The highest BCUT2D eigenvalue weighted by Crippen LogP contribution is 2.21. The quantitative estimate of drug-likeness (QED) is 0.696. The predicted octanol–water partition coefficient (Wildman–Crippen LogP) is 2.57. The van der Waals surface area contributed by atoms with Crippen molar-refractivity contribution in [2.75, 3.05) is 6.54 Å². The first-order chi connectivity index (χ1) is 10.0. The van der Waals surface area contributed by atoms with Gasteiger partial charge in [0.25, 0.3) is 5.91 Å². The van der Waals surface area contributed by atoms with Crippen molar-refractivity contribution in [3.05, 3.63) is 41.0 Å². The summed E-state index contributed by atoms with van der Waals surface area (Å²) >= 11 is 5.92. The smallest absolute Gasteiger partial charge is 0.339 e. The molecule has 0 aliphatic carbocycles. The summed E-state index contributed by atoms with van der Waals surface area (Å²) in [4.78, 5) is 28.0. The van der Waals surface area contributed by atoms with E-state index in [-0.39, 0.29) is 11.1 Å². The maximum Gasteiger partial charge on any atom is 0.339 e. The number of carbonyl (C=O) groups excluding carboxylic acids is 2. The van der Waals surface area contributed by atoms with Gasteiger partial charge in [0.2, 0.25) is 0 Å². The van der Waals surface area contributed by atoms with E-state index in [0.29, 0.717) is 23.0 Å². The molecule has 0 saturated carbocycles. The lowest BCUT2D eigenvalue weighted by Gasteiger charge is -2.13. The summed E-state index contributed by atoms with van der Waals surface area (Å²) in [5.74, 6) is -0.940. The molecule has 1 amide bonds. The van der Waals surface area contributed by atoms with Gasteiger partial charge in [0.15, 0.2) is 6.10 Å². The minimum absolute atomic E-state index is 0.200. The van der Waals surface area contributed by atoms with E-state index in [1.54, 1.807) is 31.2 Å². The highest BCUT2D eigenvalue weighted by molar-refractivity contribution is 6.30. The number of amides is 1. The third-order valence-electron chi connectivity index (χ3n) is 2.91. The molecule has 0 radical (unpaired) electrons. The molecule has 21 heavy (non-hydrogen) atoms. The van der Waals surface area contributed by atoms with Crippen molar-refractivity contribution in [2.24, 2.45) is 0 Å². The van der Waals surface area contributed by atoms with Crippen molar-refractivity contribution >= 4 is 34.4 Å². The fraction of sp³-hybridized carbons (Fsp3) is 0.267. The van der Waals surface area contributed by atoms with E-state index in [1.165, 1.54) is 13.0 Å². The van der Waals surface area contributed by atoms with Gasteiger partial charge in [0, 0.05) is 11.9 Å². The SMILES string of the molecule is CCNC(=O)[C@@H](C)OC(=O)c1cc(Cl)nc2ccccc12. The van der Waals surface area contributed by atoms with Gasteiger partial charge in [0.05, 0.1) is 11.1 Å². The Labute approximate surface area is 127 Å². The van der Waals surface area contributed by atoms with Crippen LogP contribution in [0.1, 0.15) is 24.2 Å². The molecule has 0 spiro atoms. The molecule has 0 saturated heterocycles. The maximum absolute atomic E-state index is 12.2. The van der Waals surface area contributed by atoms with Crippen LogP contribution in [-0.4, -0.2) is 29.5 Å². The summed E-state index contributed by atoms with van der Waals surface area (Å²) in [5, 5.41) is 3.43. The second-order valence-electron chi connectivity index (χ2n) is 4.45. The molecule has 1 aromatic heterocycles. The summed E-state index contributed by atoms with van der Waals surface area (Å²) in [6.07, 6.45) is -0.872. The molecule has 1 atom stereocenters. The number of aromatic nitrogens is 1. The standard InChI is InChI=1S/C15H15ClN2O3/c1-3-17-14(19)9(2)21-15(20)11-8-13(16)18-12-7-5-4-6-10(11)12/h4-9H,3H2,1-2H3,(H,17,19)/t9-/m1/s1. The molecule has 110 valence electrons. The molecule has 0 aliphatic heterocycles. The van der Waals surface area contributed by atoms with Crippen LogP contribution >= 0.6 is 11.6 Å². The number of halogens is 1. The summed E-state index contributed by atoms with van der Waals surface area (Å²) in [6.45, 7) is 3.79. The number of para-hydroxylation sites is 1. The van der Waals surface area contributed by atoms with Gasteiger partial charge in [-0.1, -0.05) is 29.8 Å². The van der Waals surface area contributed by atoms with Gasteiger partial charge in [-0.2, -0.15) is 0 Å². The molecular weight excluding hydrogens is 292 g/mol. The molecule has 1 N–H and O–H groups in total. The number of hydrogen-bond acceptors (Lipinski definition) is 4. The Morgan fingerprint density at radius 2 is 2.10 bits per heavy atom. The van der Waals surface area contributed by atoms with Crippen molar-refractivity contribution in [3.8, 4) is 0 Å². The largest absolute Gasteiger partial charge is 0.449 e. The summed E-state index contributed by atoms with van der Waals surface area (Å²) in [7, 11) is 0. The van der Waals surface area contributed by atoms with Gasteiger partial charge in [-0.15, -0.1) is 0 Å². The summed E-state index contributed by atoms with van der Waals surface area (Å²) in [6, 6.07) is 8.55. The Kier molecular flexibility index (Phi) is 4.75. The van der Waals surface area contributed by atoms with Gasteiger partial charge in [-0.25, -0.2) is 9.78 Å². The topological polar surface area (TPSA) is 68.3 Å². The third kappa shape index (κ3) is 3.49. The van der Waals surface area contributed by atoms with Crippen molar-refractivity contribution in [1.29, 1.82) is 0 Å². The second-order valence-corrected chi connectivity index (χ2v) is 4.84. The number of nitrogens with one attached hydrogen (secondary N) is 1. The first-order valence-electron chi connectivity index (χ1n) is 6.57. The fourth-order valence-corrected chi connectivity index (χ4v) is 2.11. The molecule has 2 aromatic rings. The first-order valence-corrected chi connectivity index (χ1v) is 6.94. The molecule has 0 aliphatic rings. The molecule has 5 nitrogen and oxygen atoms in total. The van der Waals surface area contributed by atoms with E-state index in [9.17, 15) is 9.59 Å². The summed E-state index contributed by atoms with van der Waals surface area (Å²) < 4.78 is 5.18. The lowest BCUT2D eigenvalue weighted by Crippen LogP contribution is -2.35. The van der Waals surface area contributed by atoms with Crippen LogP contribution < -0.4 is 5.32 Å². The Balaban J connectivity index is 2.29. The minimum Gasteiger partial charge on any atom is -0.449 e. The predicted molar refractivity (Wildman–Crippen MR) is 80.3 cm³/mol. The van der Waals surface area contributed by atoms with E-state index in [2.05, 4.69) is 10.3 Å². The fourth-order valence-electron chi connectivity index (χ4n) is 1.91. The van der Waals surface area contributed by atoms with Crippen LogP contribution in [0.25, 0.3) is 10.9 Å². The number of ether oxygens (including phenoxy) is 1. The van der Waals surface area contributed by atoms with Crippen LogP contribution in [0, 0.1) is 0 Å². The van der Waals surface area contributed by atoms with E-state index in [4.69, 9.17) is 16.3 Å². The number of likely N-dealkylation sites (N-methyl/N-ethyl adjacent to an activating group) is 1.